The van der Waals surface area contributed by atoms with Crippen molar-refractivity contribution < 1.29 is 25.6 Å². The number of ether oxygens (including phenoxy) is 1. The van der Waals surface area contributed by atoms with Gasteiger partial charge >= 0.3 is 6.09 Å². The molecule has 0 bridgehead atoms. The first kappa shape index (κ1) is 22.6. The highest BCUT2D eigenvalue weighted by Crippen LogP contribution is 2.39. The molecule has 0 amide bonds. The second kappa shape index (κ2) is 9.08. The average molecular weight is 514 g/mol. The SMILES string of the molecule is [2H]C([2H])(C1CCC(F)(F)CC1)n1cc(-c2cnn(C(=O)OC(C)(C)C)c2)c2ncc(-c3c(C)noc3C)cc21. The van der Waals surface area contributed by atoms with Crippen molar-refractivity contribution in [2.45, 2.75) is 78.3 Å². The fourth-order valence-corrected chi connectivity index (χ4v) is 4.69. The van der Waals surface area contributed by atoms with Crippen molar-refractivity contribution in [2.75, 3.05) is 0 Å². The highest BCUT2D eigenvalue weighted by Gasteiger charge is 2.35. The van der Waals surface area contributed by atoms with E-state index in [1.54, 1.807) is 40.1 Å². The van der Waals surface area contributed by atoms with E-state index in [9.17, 15) is 13.6 Å². The summed E-state index contributed by atoms with van der Waals surface area (Å²) in [5.41, 5.74) is 3.47. The summed E-state index contributed by atoms with van der Waals surface area (Å²) in [6, 6.07) is 1.81. The minimum Gasteiger partial charge on any atom is -0.442 e. The molecule has 4 aromatic rings. The Hall–Kier alpha value is -3.56. The molecule has 1 aliphatic carbocycles. The van der Waals surface area contributed by atoms with Gasteiger partial charge in [0.25, 0.3) is 0 Å². The summed E-state index contributed by atoms with van der Waals surface area (Å²) in [5, 5.41) is 8.17. The normalized spacial score (nSPS) is 17.6. The molecular formula is C27H31F2N5O3. The predicted octanol–water partition coefficient (Wildman–Crippen LogP) is 6.78. The van der Waals surface area contributed by atoms with E-state index in [1.165, 1.54) is 17.0 Å². The standard InChI is InChI=1S/C27H31F2N5O3/c1-16-23(17(2)37-32-16)19-10-22-24(30-11-19)21(15-33(22)13-18-6-8-27(28,29)9-7-18)20-12-31-34(14-20)25(35)36-26(3,4)5/h10-12,14-15,18H,6-9,13H2,1-5H3/i13D2. The molecule has 0 aromatic carbocycles. The fraction of sp³-hybridized carbons (Fsp3) is 0.481. The molecule has 0 radical (unpaired) electrons. The molecule has 0 unspecified atom stereocenters. The van der Waals surface area contributed by atoms with Gasteiger partial charge in [-0.15, -0.1) is 0 Å². The van der Waals surface area contributed by atoms with Crippen molar-refractivity contribution in [1.82, 2.24) is 24.5 Å². The van der Waals surface area contributed by atoms with Gasteiger partial charge in [-0.05, 0) is 59.4 Å². The van der Waals surface area contributed by atoms with Crippen LogP contribution in [0.3, 0.4) is 0 Å². The number of pyridine rings is 1. The maximum Gasteiger partial charge on any atom is 0.435 e. The zero-order valence-corrected chi connectivity index (χ0v) is 21.5. The number of alkyl halides is 2. The fourth-order valence-electron chi connectivity index (χ4n) is 4.69. The summed E-state index contributed by atoms with van der Waals surface area (Å²) in [4.78, 5) is 17.2. The van der Waals surface area contributed by atoms with E-state index in [4.69, 9.17) is 12.0 Å². The zero-order chi connectivity index (χ0) is 28.3. The Morgan fingerprint density at radius 2 is 1.95 bits per heavy atom. The number of rotatable bonds is 4. The van der Waals surface area contributed by atoms with Crippen LogP contribution in [0.5, 0.6) is 0 Å². The number of nitrogens with zero attached hydrogens (tertiary/aromatic N) is 5. The van der Waals surface area contributed by atoms with Crippen LogP contribution in [-0.4, -0.2) is 42.1 Å². The monoisotopic (exact) mass is 513 g/mol. The van der Waals surface area contributed by atoms with Gasteiger partial charge in [0.1, 0.15) is 11.4 Å². The van der Waals surface area contributed by atoms with Gasteiger partial charge in [-0.3, -0.25) is 4.98 Å². The number of aromatic nitrogens is 5. The number of hydrogen-bond donors (Lipinski definition) is 0. The molecule has 4 aromatic heterocycles. The van der Waals surface area contributed by atoms with Crippen molar-refractivity contribution >= 4 is 17.1 Å². The van der Waals surface area contributed by atoms with Crippen LogP contribution in [0.2, 0.25) is 0 Å². The molecular weight excluding hydrogens is 480 g/mol. The molecule has 0 N–H and O–H groups in total. The van der Waals surface area contributed by atoms with E-state index >= 15 is 0 Å². The van der Waals surface area contributed by atoms with Gasteiger partial charge in [-0.2, -0.15) is 9.78 Å². The van der Waals surface area contributed by atoms with Crippen LogP contribution in [0.4, 0.5) is 13.6 Å². The van der Waals surface area contributed by atoms with Gasteiger partial charge < -0.3 is 13.8 Å². The summed E-state index contributed by atoms with van der Waals surface area (Å²) < 4.78 is 59.3. The second-order valence-electron chi connectivity index (χ2n) is 10.6. The maximum atomic E-state index is 13.9. The molecule has 1 fully saturated rings. The Kier molecular flexibility index (Phi) is 5.55. The van der Waals surface area contributed by atoms with Gasteiger partial charge in [0, 0.05) is 60.2 Å². The minimum atomic E-state index is -2.77. The average Bonchev–Trinajstić information content (AvgIpc) is 3.54. The first-order valence-corrected chi connectivity index (χ1v) is 12.3. The Balaban J connectivity index is 1.63. The van der Waals surface area contributed by atoms with E-state index in [0.29, 0.717) is 39.2 Å². The van der Waals surface area contributed by atoms with Gasteiger partial charge in [-0.1, -0.05) is 5.16 Å². The first-order chi connectivity index (χ1) is 18.2. The van der Waals surface area contributed by atoms with E-state index < -0.39 is 30.0 Å². The van der Waals surface area contributed by atoms with Crippen molar-refractivity contribution in [1.29, 1.82) is 0 Å². The van der Waals surface area contributed by atoms with Crippen molar-refractivity contribution in [2.24, 2.45) is 5.92 Å². The molecule has 5 rings (SSSR count). The van der Waals surface area contributed by atoms with E-state index in [0.717, 1.165) is 10.2 Å². The number of fused-ring (bicyclic) bond motifs is 1. The Bertz CT molecular complexity index is 1520. The van der Waals surface area contributed by atoms with E-state index in [2.05, 4.69) is 15.2 Å². The molecule has 0 spiro atoms. The highest BCUT2D eigenvalue weighted by molar-refractivity contribution is 5.95. The molecule has 0 atom stereocenters. The van der Waals surface area contributed by atoms with Crippen molar-refractivity contribution in [3.8, 4) is 22.3 Å². The van der Waals surface area contributed by atoms with Crippen LogP contribution in [0.1, 0.15) is 60.7 Å². The van der Waals surface area contributed by atoms with E-state index in [-0.39, 0.29) is 25.7 Å². The highest BCUT2D eigenvalue weighted by atomic mass is 19.3. The Morgan fingerprint density at radius 1 is 1.22 bits per heavy atom. The van der Waals surface area contributed by atoms with Crippen LogP contribution in [0.15, 0.2) is 35.4 Å². The summed E-state index contributed by atoms with van der Waals surface area (Å²) in [5.74, 6) is -2.79. The molecule has 4 heterocycles. The van der Waals surface area contributed by atoms with Crippen LogP contribution in [0, 0.1) is 19.8 Å². The lowest BCUT2D eigenvalue weighted by Gasteiger charge is -2.28. The Morgan fingerprint density at radius 3 is 2.59 bits per heavy atom. The van der Waals surface area contributed by atoms with E-state index in [1.807, 2.05) is 13.0 Å². The topological polar surface area (TPSA) is 88.0 Å². The molecule has 1 aliphatic rings. The lowest BCUT2D eigenvalue weighted by Crippen LogP contribution is -2.27. The van der Waals surface area contributed by atoms with Crippen LogP contribution >= 0.6 is 0 Å². The number of halogens is 2. The Labute approximate surface area is 216 Å². The van der Waals surface area contributed by atoms with Crippen molar-refractivity contribution in [3.05, 3.63) is 42.3 Å². The minimum absolute atomic E-state index is 0.0581. The summed E-state index contributed by atoms with van der Waals surface area (Å²) >= 11 is 0. The van der Waals surface area contributed by atoms with Crippen LogP contribution in [-0.2, 0) is 11.2 Å². The number of carbonyl (C=O) groups is 1. The van der Waals surface area contributed by atoms with Gasteiger partial charge in [0.05, 0.1) is 25.7 Å². The summed E-state index contributed by atoms with van der Waals surface area (Å²) in [7, 11) is 0. The molecule has 0 aliphatic heterocycles. The van der Waals surface area contributed by atoms with Crippen LogP contribution in [0.25, 0.3) is 33.3 Å². The molecule has 1 saturated carbocycles. The summed E-state index contributed by atoms with van der Waals surface area (Å²) in [6.45, 7) is 6.89. The third-order valence-corrected chi connectivity index (χ3v) is 6.48. The smallest absolute Gasteiger partial charge is 0.435 e. The third kappa shape index (κ3) is 5.14. The van der Waals surface area contributed by atoms with Gasteiger partial charge in [0.2, 0.25) is 5.92 Å². The van der Waals surface area contributed by atoms with Crippen LogP contribution < -0.4 is 0 Å². The first-order valence-electron chi connectivity index (χ1n) is 13.3. The zero-order valence-electron chi connectivity index (χ0n) is 23.5. The maximum absolute atomic E-state index is 13.9. The summed E-state index contributed by atoms with van der Waals surface area (Å²) in [6.07, 6.45) is 5.05. The third-order valence-electron chi connectivity index (χ3n) is 6.48. The predicted molar refractivity (Wildman–Crippen MR) is 134 cm³/mol. The quantitative estimate of drug-likeness (QED) is 0.299. The lowest BCUT2D eigenvalue weighted by molar-refractivity contribution is -0.0472. The van der Waals surface area contributed by atoms with Gasteiger partial charge in [0.15, 0.2) is 0 Å². The second-order valence-corrected chi connectivity index (χ2v) is 10.6. The number of carbonyl (C=O) groups excluding carboxylic acids is 1. The molecule has 10 heteroatoms. The molecule has 0 saturated heterocycles. The number of hydrogen-bond acceptors (Lipinski definition) is 6. The number of aryl methyl sites for hydroxylation is 2. The molecule has 196 valence electrons. The van der Waals surface area contributed by atoms with Gasteiger partial charge in [-0.25, -0.2) is 13.6 Å². The lowest BCUT2D eigenvalue weighted by atomic mass is 9.87. The molecule has 37 heavy (non-hydrogen) atoms. The largest absolute Gasteiger partial charge is 0.442 e. The molecule has 8 nitrogen and oxygen atoms in total. The van der Waals surface area contributed by atoms with Crippen molar-refractivity contribution in [3.63, 3.8) is 0 Å².